The zero-order valence-corrected chi connectivity index (χ0v) is 21.6. The molecule has 3 N–H and O–H groups in total. The van der Waals surface area contributed by atoms with Gasteiger partial charge in [0, 0.05) is 54.5 Å². The lowest BCUT2D eigenvalue weighted by molar-refractivity contribution is 0.233. The van der Waals surface area contributed by atoms with Crippen molar-refractivity contribution in [2.24, 2.45) is 5.92 Å². The van der Waals surface area contributed by atoms with E-state index in [1.54, 1.807) is 0 Å². The molecule has 176 valence electrons. The molecule has 1 aliphatic carbocycles. The standard InChI is InChI=1S/C25H32BrN5OS/c1-25(2,20-7-9-21(26)10-8-20)22-17-33-24(29-22)30-23(32)28-15-18-3-5-19(6-4-18)16-31-13-11-27-12-14-31/h3-7,9-10,17,20,27H,8,11-16H2,1-2H3,(H2,28,29,30,32). The van der Waals surface area contributed by atoms with Crippen molar-refractivity contribution >= 4 is 38.4 Å². The minimum absolute atomic E-state index is 0.111. The number of piperazine rings is 1. The van der Waals surface area contributed by atoms with Gasteiger partial charge < -0.3 is 10.6 Å². The van der Waals surface area contributed by atoms with Gasteiger partial charge in [-0.3, -0.25) is 10.2 Å². The Morgan fingerprint density at radius 3 is 2.67 bits per heavy atom. The second-order valence-corrected chi connectivity index (χ2v) is 11.0. The van der Waals surface area contributed by atoms with E-state index in [0.717, 1.165) is 54.9 Å². The molecule has 1 aromatic heterocycles. The number of anilines is 1. The third kappa shape index (κ3) is 6.53. The molecule has 2 aromatic rings. The van der Waals surface area contributed by atoms with Crippen molar-refractivity contribution in [1.29, 1.82) is 0 Å². The number of amides is 2. The largest absolute Gasteiger partial charge is 0.334 e. The van der Waals surface area contributed by atoms with Crippen LogP contribution in [0.4, 0.5) is 9.93 Å². The van der Waals surface area contributed by atoms with E-state index in [4.69, 9.17) is 4.98 Å². The summed E-state index contributed by atoms with van der Waals surface area (Å²) in [6, 6.07) is 8.25. The smallest absolute Gasteiger partial charge is 0.321 e. The highest BCUT2D eigenvalue weighted by Crippen LogP contribution is 2.38. The van der Waals surface area contributed by atoms with Crippen LogP contribution in [0.1, 0.15) is 37.1 Å². The fraction of sp³-hybridized carbons (Fsp3) is 0.440. The Balaban J connectivity index is 1.25. The molecule has 0 bridgehead atoms. The van der Waals surface area contributed by atoms with Crippen molar-refractivity contribution in [3.63, 3.8) is 0 Å². The summed E-state index contributed by atoms with van der Waals surface area (Å²) in [5.74, 6) is 0.372. The van der Waals surface area contributed by atoms with Gasteiger partial charge in [0.1, 0.15) is 0 Å². The van der Waals surface area contributed by atoms with Crippen molar-refractivity contribution in [2.45, 2.75) is 38.8 Å². The molecule has 8 heteroatoms. The third-order valence-electron chi connectivity index (χ3n) is 6.46. The highest BCUT2D eigenvalue weighted by atomic mass is 79.9. The Labute approximate surface area is 208 Å². The highest BCUT2D eigenvalue weighted by molar-refractivity contribution is 9.11. The zero-order chi connectivity index (χ0) is 23.3. The van der Waals surface area contributed by atoms with Gasteiger partial charge in [-0.2, -0.15) is 0 Å². The molecule has 0 saturated carbocycles. The number of hydrogen-bond donors (Lipinski definition) is 3. The Kier molecular flexibility index (Phi) is 8.01. The molecule has 0 radical (unpaired) electrons. The van der Waals surface area contributed by atoms with Gasteiger partial charge in [0.2, 0.25) is 0 Å². The van der Waals surface area contributed by atoms with Gasteiger partial charge in [0.25, 0.3) is 0 Å². The molecule has 2 aliphatic rings. The second kappa shape index (κ2) is 11.0. The first-order valence-electron chi connectivity index (χ1n) is 11.5. The van der Waals surface area contributed by atoms with Crippen molar-refractivity contribution in [3.8, 4) is 0 Å². The molecule has 1 aliphatic heterocycles. The first-order valence-corrected chi connectivity index (χ1v) is 13.1. The van der Waals surface area contributed by atoms with E-state index in [1.807, 2.05) is 5.38 Å². The molecule has 1 fully saturated rings. The molecule has 4 rings (SSSR count). The summed E-state index contributed by atoms with van der Waals surface area (Å²) in [5, 5.41) is 11.9. The maximum absolute atomic E-state index is 12.4. The molecular weight excluding hydrogens is 498 g/mol. The van der Waals surface area contributed by atoms with Gasteiger partial charge in [-0.1, -0.05) is 72.3 Å². The minimum atomic E-state index is -0.233. The van der Waals surface area contributed by atoms with E-state index < -0.39 is 0 Å². The predicted molar refractivity (Wildman–Crippen MR) is 140 cm³/mol. The summed E-state index contributed by atoms with van der Waals surface area (Å²) in [6.45, 7) is 10.2. The van der Waals surface area contributed by atoms with E-state index in [1.165, 1.54) is 16.9 Å². The van der Waals surface area contributed by atoms with Gasteiger partial charge in [-0.05, 0) is 23.5 Å². The Morgan fingerprint density at radius 1 is 1.24 bits per heavy atom. The summed E-state index contributed by atoms with van der Waals surface area (Å²) >= 11 is 5.00. The first kappa shape index (κ1) is 24.1. The van der Waals surface area contributed by atoms with Gasteiger partial charge in [0.15, 0.2) is 5.13 Å². The number of hydrogen-bond acceptors (Lipinski definition) is 5. The number of rotatable bonds is 7. The first-order chi connectivity index (χ1) is 15.9. The summed E-state index contributed by atoms with van der Waals surface area (Å²) in [5.41, 5.74) is 3.28. The van der Waals surface area contributed by atoms with Crippen LogP contribution in [-0.4, -0.2) is 42.1 Å². The summed E-state index contributed by atoms with van der Waals surface area (Å²) in [4.78, 5) is 19.6. The van der Waals surface area contributed by atoms with Crippen LogP contribution in [0.15, 0.2) is 52.4 Å². The quantitative estimate of drug-likeness (QED) is 0.471. The summed E-state index contributed by atoms with van der Waals surface area (Å²) in [7, 11) is 0. The van der Waals surface area contributed by atoms with E-state index in [-0.39, 0.29) is 11.4 Å². The number of benzene rings is 1. The van der Waals surface area contributed by atoms with E-state index >= 15 is 0 Å². The molecule has 0 spiro atoms. The topological polar surface area (TPSA) is 69.3 Å². The highest BCUT2D eigenvalue weighted by Gasteiger charge is 2.32. The third-order valence-corrected chi connectivity index (χ3v) is 7.80. The van der Waals surface area contributed by atoms with E-state index in [0.29, 0.717) is 17.6 Å². The maximum Gasteiger partial charge on any atom is 0.321 e. The fourth-order valence-corrected chi connectivity index (χ4v) is 5.38. The number of allylic oxidation sites excluding steroid dienone is 4. The summed E-state index contributed by atoms with van der Waals surface area (Å²) in [6.07, 6.45) is 7.51. The molecule has 1 aromatic carbocycles. The van der Waals surface area contributed by atoms with Crippen LogP contribution in [0.25, 0.3) is 0 Å². The van der Waals surface area contributed by atoms with E-state index in [9.17, 15) is 4.79 Å². The van der Waals surface area contributed by atoms with Crippen LogP contribution >= 0.6 is 27.3 Å². The fourth-order valence-electron chi connectivity index (χ4n) is 4.16. The number of nitrogens with one attached hydrogen (secondary N) is 3. The van der Waals surface area contributed by atoms with Crippen molar-refractivity contribution in [1.82, 2.24) is 20.5 Å². The van der Waals surface area contributed by atoms with Crippen molar-refractivity contribution < 1.29 is 4.79 Å². The number of carbonyl (C=O) groups excluding carboxylic acids is 1. The molecule has 1 saturated heterocycles. The zero-order valence-electron chi connectivity index (χ0n) is 19.2. The molecule has 1 atom stereocenters. The van der Waals surface area contributed by atoms with Gasteiger partial charge in [-0.25, -0.2) is 9.78 Å². The number of aromatic nitrogens is 1. The van der Waals surface area contributed by atoms with E-state index in [2.05, 4.69) is 93.1 Å². The molecular formula is C25H32BrN5OS. The van der Waals surface area contributed by atoms with Crippen molar-refractivity contribution in [3.05, 3.63) is 69.2 Å². The number of urea groups is 1. The number of nitrogens with zero attached hydrogens (tertiary/aromatic N) is 2. The number of thiazole rings is 1. The number of halogens is 1. The van der Waals surface area contributed by atoms with Crippen LogP contribution in [0.5, 0.6) is 0 Å². The predicted octanol–water partition coefficient (Wildman–Crippen LogP) is 5.00. The molecule has 1 unspecified atom stereocenters. The van der Waals surface area contributed by atoms with Gasteiger partial charge >= 0.3 is 6.03 Å². The average Bonchev–Trinajstić information content (AvgIpc) is 3.29. The Hall–Kier alpha value is -2.00. The van der Waals surface area contributed by atoms with Crippen LogP contribution in [0.2, 0.25) is 0 Å². The van der Waals surface area contributed by atoms with Crippen molar-refractivity contribution in [2.75, 3.05) is 31.5 Å². The SMILES string of the molecule is CC(C)(c1csc(NC(=O)NCc2ccc(CN3CCNCC3)cc2)n1)C1C=CC(Br)=CC1. The Morgan fingerprint density at radius 2 is 1.97 bits per heavy atom. The molecule has 2 amide bonds. The molecule has 2 heterocycles. The number of carbonyl (C=O) groups is 1. The lowest BCUT2D eigenvalue weighted by atomic mass is 9.73. The lowest BCUT2D eigenvalue weighted by Crippen LogP contribution is -2.42. The molecule has 6 nitrogen and oxygen atoms in total. The van der Waals surface area contributed by atoms with Crippen LogP contribution in [-0.2, 0) is 18.5 Å². The Bertz CT molecular complexity index is 1010. The van der Waals surface area contributed by atoms with Crippen LogP contribution in [0, 0.1) is 5.92 Å². The minimum Gasteiger partial charge on any atom is -0.334 e. The van der Waals surface area contributed by atoms with Crippen LogP contribution < -0.4 is 16.0 Å². The van der Waals surface area contributed by atoms with Gasteiger partial charge in [-0.15, -0.1) is 11.3 Å². The lowest BCUT2D eigenvalue weighted by Gasteiger charge is -2.31. The summed E-state index contributed by atoms with van der Waals surface area (Å²) < 4.78 is 1.13. The second-order valence-electron chi connectivity index (χ2n) is 9.20. The monoisotopic (exact) mass is 529 g/mol. The average molecular weight is 531 g/mol. The molecule has 33 heavy (non-hydrogen) atoms. The maximum atomic E-state index is 12.4. The van der Waals surface area contributed by atoms with Gasteiger partial charge in [0.05, 0.1) is 5.69 Å². The normalized spacial score (nSPS) is 19.2. The van der Waals surface area contributed by atoms with Crippen LogP contribution in [0.3, 0.4) is 0 Å².